The first-order valence-corrected chi connectivity index (χ1v) is 32.5. The van der Waals surface area contributed by atoms with Crippen molar-refractivity contribution < 1.29 is 28.6 Å². The van der Waals surface area contributed by atoms with Crippen LogP contribution in [0.1, 0.15) is 297 Å². The van der Waals surface area contributed by atoms with E-state index in [0.29, 0.717) is 19.3 Å². The van der Waals surface area contributed by atoms with Gasteiger partial charge in [0, 0.05) is 19.3 Å². The fraction of sp³-hybridized carbons (Fsp3) is 0.681. The van der Waals surface area contributed by atoms with Crippen LogP contribution in [0.3, 0.4) is 0 Å². The Hall–Kier alpha value is -4.19. The van der Waals surface area contributed by atoms with E-state index in [4.69, 9.17) is 14.2 Å². The fourth-order valence-corrected chi connectivity index (χ4v) is 8.87. The summed E-state index contributed by atoms with van der Waals surface area (Å²) in [6.07, 6.45) is 90.7. The van der Waals surface area contributed by atoms with Crippen LogP contribution in [0.25, 0.3) is 0 Å². The van der Waals surface area contributed by atoms with E-state index in [9.17, 15) is 14.4 Å². The summed E-state index contributed by atoms with van der Waals surface area (Å²) in [4.78, 5) is 38.3. The number of carbonyl (C=O) groups excluding carboxylic acids is 3. The maximum absolute atomic E-state index is 12.9. The van der Waals surface area contributed by atoms with E-state index in [1.54, 1.807) is 0 Å². The van der Waals surface area contributed by atoms with Crippen molar-refractivity contribution in [1.29, 1.82) is 0 Å². The molecule has 0 saturated heterocycles. The number of unbranched alkanes of at least 4 members (excludes halogenated alkanes) is 27. The predicted octanol–water partition coefficient (Wildman–Crippen LogP) is 22.4. The highest BCUT2D eigenvalue weighted by atomic mass is 16.6. The fourth-order valence-electron chi connectivity index (χ4n) is 8.87. The average molecular weight is 1080 g/mol. The second-order valence-electron chi connectivity index (χ2n) is 21.3. The number of hydrogen-bond acceptors (Lipinski definition) is 6. The molecule has 0 aromatic carbocycles. The third-order valence-corrected chi connectivity index (χ3v) is 13.7. The largest absolute Gasteiger partial charge is 0.462 e. The molecule has 0 spiro atoms. The molecule has 0 N–H and O–H groups in total. The molecular weight excluding hydrogens is 961 g/mol. The monoisotopic (exact) mass is 1080 g/mol. The molecule has 1 atom stereocenters. The van der Waals surface area contributed by atoms with Crippen LogP contribution in [0.2, 0.25) is 0 Å². The van der Waals surface area contributed by atoms with E-state index in [1.165, 1.54) is 135 Å². The second kappa shape index (κ2) is 65.3. The minimum absolute atomic E-state index is 0.0959. The van der Waals surface area contributed by atoms with Crippen molar-refractivity contribution >= 4 is 17.9 Å². The molecule has 6 nitrogen and oxygen atoms in total. The Kier molecular flexibility index (Phi) is 61.8. The number of ether oxygens (including phenoxy) is 3. The summed E-state index contributed by atoms with van der Waals surface area (Å²) in [6, 6.07) is 0. The van der Waals surface area contributed by atoms with Crippen molar-refractivity contribution in [3.8, 4) is 0 Å². The van der Waals surface area contributed by atoms with Crippen molar-refractivity contribution in [3.05, 3.63) is 122 Å². The molecule has 0 aliphatic heterocycles. The smallest absolute Gasteiger partial charge is 0.306 e. The highest BCUT2D eigenvalue weighted by molar-refractivity contribution is 5.71. The lowest BCUT2D eigenvalue weighted by molar-refractivity contribution is -0.167. The van der Waals surface area contributed by atoms with E-state index in [-0.39, 0.29) is 31.1 Å². The van der Waals surface area contributed by atoms with Gasteiger partial charge in [-0.2, -0.15) is 0 Å². The average Bonchev–Trinajstić information content (AvgIpc) is 3.44. The Bertz CT molecular complexity index is 1620. The zero-order valence-corrected chi connectivity index (χ0v) is 50.9. The lowest BCUT2D eigenvalue weighted by atomic mass is 10.0. The van der Waals surface area contributed by atoms with Gasteiger partial charge in [-0.05, 0) is 128 Å². The lowest BCUT2D eigenvalue weighted by Gasteiger charge is -2.18. The number of carbonyl (C=O) groups is 3. The summed E-state index contributed by atoms with van der Waals surface area (Å²) in [5.41, 5.74) is 0. The number of hydrogen-bond donors (Lipinski definition) is 0. The topological polar surface area (TPSA) is 78.9 Å². The molecule has 0 rings (SSSR count). The van der Waals surface area contributed by atoms with E-state index in [2.05, 4.69) is 142 Å². The van der Waals surface area contributed by atoms with Gasteiger partial charge in [-0.3, -0.25) is 14.4 Å². The molecule has 0 fully saturated rings. The minimum Gasteiger partial charge on any atom is -0.462 e. The van der Waals surface area contributed by atoms with Gasteiger partial charge in [0.05, 0.1) is 0 Å². The van der Waals surface area contributed by atoms with Gasteiger partial charge in [0.25, 0.3) is 0 Å². The molecule has 0 radical (unpaired) electrons. The third kappa shape index (κ3) is 62.7. The Morgan fingerprint density at radius 1 is 0.269 bits per heavy atom. The second-order valence-corrected chi connectivity index (χ2v) is 21.3. The molecule has 0 aliphatic carbocycles. The van der Waals surface area contributed by atoms with Gasteiger partial charge in [0.2, 0.25) is 0 Å². The van der Waals surface area contributed by atoms with Gasteiger partial charge in [0.15, 0.2) is 6.10 Å². The van der Waals surface area contributed by atoms with Crippen LogP contribution in [0.5, 0.6) is 0 Å². The first kappa shape index (κ1) is 73.8. The number of esters is 3. The first-order valence-electron chi connectivity index (χ1n) is 32.5. The predicted molar refractivity (Wildman–Crippen MR) is 339 cm³/mol. The molecule has 0 bridgehead atoms. The summed E-state index contributed by atoms with van der Waals surface area (Å²) in [5, 5.41) is 0. The molecule has 0 heterocycles. The van der Waals surface area contributed by atoms with Crippen molar-refractivity contribution in [1.82, 2.24) is 0 Å². The summed E-state index contributed by atoms with van der Waals surface area (Å²) in [6.45, 7) is 6.37. The van der Waals surface area contributed by atoms with Crippen LogP contribution in [0.4, 0.5) is 0 Å². The minimum atomic E-state index is -0.803. The number of rotatable bonds is 58. The van der Waals surface area contributed by atoms with Gasteiger partial charge >= 0.3 is 17.9 Å². The zero-order chi connectivity index (χ0) is 56.4. The Balaban J connectivity index is 4.35. The van der Waals surface area contributed by atoms with Crippen LogP contribution < -0.4 is 0 Å². The van der Waals surface area contributed by atoms with Gasteiger partial charge < -0.3 is 14.2 Å². The molecule has 78 heavy (non-hydrogen) atoms. The van der Waals surface area contributed by atoms with E-state index in [1.807, 2.05) is 0 Å². The van der Waals surface area contributed by atoms with Crippen molar-refractivity contribution in [2.24, 2.45) is 0 Å². The standard InChI is InChI=1S/C72H120O6/c1-4-7-10-13-16-19-22-25-28-30-32-33-34-35-36-37-38-39-40-42-44-47-50-53-56-59-62-65-71(74)77-68-69(67-76-70(73)64-61-58-55-52-49-46-43-27-24-21-18-15-12-9-6-3)78-72(75)66-63-60-57-54-51-48-45-41-31-29-26-23-20-17-14-11-8-5-2/h7,9-10,12,16,18-21,23,25,27-29,31-33,43,49,52,69H,4-6,8,11,13-15,17,22,24,26,30,34-42,44-48,50-51,53-68H2,1-3H3/b10-7-,12-9-,19-16-,21-18-,23-20-,28-25-,31-29-,33-32-,43-27-,52-49-. The molecular formula is C72H120O6. The quantitative estimate of drug-likeness (QED) is 0.0261. The van der Waals surface area contributed by atoms with Crippen LogP contribution in [-0.2, 0) is 28.6 Å². The molecule has 1 unspecified atom stereocenters. The SMILES string of the molecule is CC/C=C\C/C=C\C/C=C\C/C=C\CCCCCCCCCCCCCCCCC(=O)OCC(COC(=O)CCCC/C=C\C/C=C\C/C=C\C/C=C\CC)OC(=O)CCCCCCCCC/C=C\C/C=C\CCCCCC. The summed E-state index contributed by atoms with van der Waals surface area (Å²) < 4.78 is 16.9. The maximum atomic E-state index is 12.9. The summed E-state index contributed by atoms with van der Waals surface area (Å²) in [5.74, 6) is -0.941. The Morgan fingerprint density at radius 2 is 0.500 bits per heavy atom. The first-order chi connectivity index (χ1) is 38.5. The molecule has 0 saturated carbocycles. The molecule has 6 heteroatoms. The zero-order valence-electron chi connectivity index (χ0n) is 50.9. The van der Waals surface area contributed by atoms with Gasteiger partial charge in [-0.25, -0.2) is 0 Å². The van der Waals surface area contributed by atoms with Gasteiger partial charge in [-0.1, -0.05) is 271 Å². The Morgan fingerprint density at radius 3 is 0.808 bits per heavy atom. The molecule has 0 amide bonds. The van der Waals surface area contributed by atoms with Crippen LogP contribution in [0, 0.1) is 0 Å². The van der Waals surface area contributed by atoms with Crippen LogP contribution in [0.15, 0.2) is 122 Å². The van der Waals surface area contributed by atoms with Crippen LogP contribution >= 0.6 is 0 Å². The van der Waals surface area contributed by atoms with E-state index in [0.717, 1.165) is 122 Å². The lowest BCUT2D eigenvalue weighted by Crippen LogP contribution is -2.30. The normalized spacial score (nSPS) is 12.9. The van der Waals surface area contributed by atoms with Crippen molar-refractivity contribution in [2.75, 3.05) is 13.2 Å². The highest BCUT2D eigenvalue weighted by Crippen LogP contribution is 2.16. The molecule has 0 aromatic rings. The highest BCUT2D eigenvalue weighted by Gasteiger charge is 2.19. The molecule has 0 aromatic heterocycles. The third-order valence-electron chi connectivity index (χ3n) is 13.7. The summed E-state index contributed by atoms with van der Waals surface area (Å²) >= 11 is 0. The summed E-state index contributed by atoms with van der Waals surface area (Å²) in [7, 11) is 0. The maximum Gasteiger partial charge on any atom is 0.306 e. The van der Waals surface area contributed by atoms with Crippen molar-refractivity contribution in [3.63, 3.8) is 0 Å². The Labute approximate surface area is 482 Å². The molecule has 444 valence electrons. The van der Waals surface area contributed by atoms with E-state index < -0.39 is 6.10 Å². The van der Waals surface area contributed by atoms with Gasteiger partial charge in [0.1, 0.15) is 13.2 Å². The number of allylic oxidation sites excluding steroid dienone is 20. The van der Waals surface area contributed by atoms with E-state index >= 15 is 0 Å². The molecule has 0 aliphatic rings. The van der Waals surface area contributed by atoms with Crippen LogP contribution in [-0.4, -0.2) is 37.2 Å². The van der Waals surface area contributed by atoms with Gasteiger partial charge in [-0.15, -0.1) is 0 Å². The van der Waals surface area contributed by atoms with Crippen molar-refractivity contribution in [2.45, 2.75) is 303 Å².